The lowest BCUT2D eigenvalue weighted by molar-refractivity contribution is -0.122. The minimum Gasteiger partial charge on any atom is -0.481 e. The van der Waals surface area contributed by atoms with Crippen LogP contribution in [0.25, 0.3) is 0 Å². The van der Waals surface area contributed by atoms with Crippen molar-refractivity contribution in [1.82, 2.24) is 0 Å². The van der Waals surface area contributed by atoms with Crippen molar-refractivity contribution in [3.05, 3.63) is 48.5 Å². The van der Waals surface area contributed by atoms with Crippen molar-refractivity contribution in [3.8, 4) is 5.75 Å². The van der Waals surface area contributed by atoms with Crippen molar-refractivity contribution in [1.29, 1.82) is 0 Å². The van der Waals surface area contributed by atoms with Gasteiger partial charge in [-0.25, -0.2) is 8.42 Å². The van der Waals surface area contributed by atoms with Crippen LogP contribution in [0.2, 0.25) is 0 Å². The summed E-state index contributed by atoms with van der Waals surface area (Å²) in [5, 5.41) is 5.43. The molecule has 1 atom stereocenters. The van der Waals surface area contributed by atoms with Gasteiger partial charge in [0.1, 0.15) is 5.75 Å². The topological polar surface area (TPSA) is 105 Å². The molecule has 0 aliphatic rings. The summed E-state index contributed by atoms with van der Waals surface area (Å²) < 4.78 is 30.1. The summed E-state index contributed by atoms with van der Waals surface area (Å²) in [6, 6.07) is 13.3. The van der Waals surface area contributed by atoms with E-state index in [1.807, 2.05) is 6.92 Å². The van der Waals surface area contributed by atoms with E-state index in [1.54, 1.807) is 48.5 Å². The van der Waals surface area contributed by atoms with Crippen LogP contribution in [0, 0.1) is 0 Å². The van der Waals surface area contributed by atoms with Gasteiger partial charge in [0.25, 0.3) is 5.91 Å². The third-order valence-electron chi connectivity index (χ3n) is 4.09. The van der Waals surface area contributed by atoms with Crippen molar-refractivity contribution in [2.75, 3.05) is 28.2 Å². The Balaban J connectivity index is 2.06. The molecule has 2 N–H and O–H groups in total. The number of rotatable bonds is 8. The number of hydrogen-bond acceptors (Lipinski definition) is 5. The minimum atomic E-state index is -3.35. The molecule has 0 aliphatic carbocycles. The maximum atomic E-state index is 12.6. The number of amides is 2. The van der Waals surface area contributed by atoms with E-state index < -0.39 is 16.1 Å². The maximum absolute atomic E-state index is 12.6. The first-order valence-corrected chi connectivity index (χ1v) is 10.8. The van der Waals surface area contributed by atoms with E-state index >= 15 is 0 Å². The third kappa shape index (κ3) is 6.49. The minimum absolute atomic E-state index is 0.201. The van der Waals surface area contributed by atoms with Gasteiger partial charge in [-0.3, -0.25) is 13.9 Å². The molecule has 0 saturated carbocycles. The Morgan fingerprint density at radius 1 is 1.07 bits per heavy atom. The standard InChI is InChI=1S/C20H25N3O5S/c1-5-19(20(25)22-16-8-6-7-15(13-16)21-14(2)24)28-18-11-9-17(10-12-18)23(3)29(4,26)27/h6-13,19H,5H2,1-4H3,(H,21,24)(H,22,25)/t19-/m1/s1. The molecule has 0 bridgehead atoms. The highest BCUT2D eigenvalue weighted by molar-refractivity contribution is 7.92. The molecule has 0 aliphatic heterocycles. The summed E-state index contributed by atoms with van der Waals surface area (Å²) in [7, 11) is -1.89. The summed E-state index contributed by atoms with van der Waals surface area (Å²) in [6.07, 6.45) is 0.816. The number of ether oxygens (including phenoxy) is 1. The number of nitrogens with one attached hydrogen (secondary N) is 2. The molecule has 2 aromatic rings. The van der Waals surface area contributed by atoms with E-state index in [2.05, 4.69) is 10.6 Å². The average Bonchev–Trinajstić information content (AvgIpc) is 2.65. The molecule has 0 fully saturated rings. The Kier molecular flexibility index (Phi) is 7.22. The van der Waals surface area contributed by atoms with Gasteiger partial charge in [-0.1, -0.05) is 13.0 Å². The second-order valence-corrected chi connectivity index (χ2v) is 8.50. The molecule has 0 radical (unpaired) electrons. The number of carbonyl (C=O) groups excluding carboxylic acids is 2. The summed E-state index contributed by atoms with van der Waals surface area (Å²) in [5.41, 5.74) is 1.61. The number of carbonyl (C=O) groups is 2. The van der Waals surface area contributed by atoms with Gasteiger partial charge in [0, 0.05) is 25.3 Å². The Bertz CT molecular complexity index is 974. The summed E-state index contributed by atoms with van der Waals surface area (Å²) >= 11 is 0. The van der Waals surface area contributed by atoms with Crippen LogP contribution in [0.3, 0.4) is 0 Å². The van der Waals surface area contributed by atoms with Crippen molar-refractivity contribution in [2.45, 2.75) is 26.4 Å². The van der Waals surface area contributed by atoms with Crippen LogP contribution in [-0.4, -0.2) is 39.6 Å². The van der Waals surface area contributed by atoms with Crippen LogP contribution < -0.4 is 19.7 Å². The molecule has 0 saturated heterocycles. The van der Waals surface area contributed by atoms with Crippen LogP contribution in [0.5, 0.6) is 5.75 Å². The predicted octanol–water partition coefficient (Wildman–Crippen LogP) is 2.84. The highest BCUT2D eigenvalue weighted by Gasteiger charge is 2.19. The Labute approximate surface area is 170 Å². The van der Waals surface area contributed by atoms with Crippen LogP contribution >= 0.6 is 0 Å². The number of anilines is 3. The first-order chi connectivity index (χ1) is 13.6. The van der Waals surface area contributed by atoms with E-state index in [1.165, 1.54) is 14.0 Å². The van der Waals surface area contributed by atoms with Gasteiger partial charge in [0.05, 0.1) is 11.9 Å². The van der Waals surface area contributed by atoms with Crippen molar-refractivity contribution < 1.29 is 22.7 Å². The first kappa shape index (κ1) is 22.2. The van der Waals surface area contributed by atoms with Gasteiger partial charge < -0.3 is 15.4 Å². The second kappa shape index (κ2) is 9.42. The van der Waals surface area contributed by atoms with Gasteiger partial charge in [-0.2, -0.15) is 0 Å². The van der Waals surface area contributed by atoms with E-state index in [9.17, 15) is 18.0 Å². The summed E-state index contributed by atoms with van der Waals surface area (Å²) in [4.78, 5) is 23.7. The Hall–Kier alpha value is -3.07. The Morgan fingerprint density at radius 3 is 2.17 bits per heavy atom. The fraction of sp³-hybridized carbons (Fsp3) is 0.300. The van der Waals surface area contributed by atoms with Gasteiger partial charge in [-0.05, 0) is 48.9 Å². The van der Waals surface area contributed by atoms with Gasteiger partial charge in [0.2, 0.25) is 15.9 Å². The lowest BCUT2D eigenvalue weighted by atomic mass is 10.2. The summed E-state index contributed by atoms with van der Waals surface area (Å²) in [6.45, 7) is 3.23. The molecule has 9 heteroatoms. The lowest BCUT2D eigenvalue weighted by Crippen LogP contribution is -2.32. The molecule has 0 heterocycles. The largest absolute Gasteiger partial charge is 0.481 e. The summed E-state index contributed by atoms with van der Waals surface area (Å²) in [5.74, 6) is -0.0809. The number of sulfonamides is 1. The molecule has 2 rings (SSSR count). The van der Waals surface area contributed by atoms with Crippen molar-refractivity contribution in [3.63, 3.8) is 0 Å². The van der Waals surface area contributed by atoms with Gasteiger partial charge in [0.15, 0.2) is 6.10 Å². The number of nitrogens with zero attached hydrogens (tertiary/aromatic N) is 1. The molecule has 156 valence electrons. The molecular weight excluding hydrogens is 394 g/mol. The predicted molar refractivity (Wildman–Crippen MR) is 114 cm³/mol. The van der Waals surface area contributed by atoms with Gasteiger partial charge in [-0.15, -0.1) is 0 Å². The zero-order valence-electron chi connectivity index (χ0n) is 16.8. The zero-order valence-corrected chi connectivity index (χ0v) is 17.6. The number of benzene rings is 2. The van der Waals surface area contributed by atoms with E-state index in [-0.39, 0.29) is 11.8 Å². The highest BCUT2D eigenvalue weighted by Crippen LogP contribution is 2.22. The molecule has 0 spiro atoms. The highest BCUT2D eigenvalue weighted by atomic mass is 32.2. The smallest absolute Gasteiger partial charge is 0.265 e. The van der Waals surface area contributed by atoms with E-state index in [0.717, 1.165) is 10.6 Å². The zero-order chi connectivity index (χ0) is 21.6. The van der Waals surface area contributed by atoms with E-state index in [0.29, 0.717) is 29.2 Å². The fourth-order valence-electron chi connectivity index (χ4n) is 2.51. The normalized spacial score (nSPS) is 12.0. The third-order valence-corrected chi connectivity index (χ3v) is 5.30. The van der Waals surface area contributed by atoms with Gasteiger partial charge >= 0.3 is 0 Å². The molecule has 2 aromatic carbocycles. The molecule has 8 nitrogen and oxygen atoms in total. The average molecular weight is 420 g/mol. The second-order valence-electron chi connectivity index (χ2n) is 6.49. The number of hydrogen-bond donors (Lipinski definition) is 2. The monoisotopic (exact) mass is 419 g/mol. The lowest BCUT2D eigenvalue weighted by Gasteiger charge is -2.19. The maximum Gasteiger partial charge on any atom is 0.265 e. The van der Waals surface area contributed by atoms with Crippen LogP contribution in [0.1, 0.15) is 20.3 Å². The van der Waals surface area contributed by atoms with Crippen LogP contribution in [-0.2, 0) is 19.6 Å². The van der Waals surface area contributed by atoms with Crippen LogP contribution in [0.4, 0.5) is 17.1 Å². The van der Waals surface area contributed by atoms with E-state index in [4.69, 9.17) is 4.74 Å². The first-order valence-electron chi connectivity index (χ1n) is 8.99. The van der Waals surface area contributed by atoms with Crippen LogP contribution in [0.15, 0.2) is 48.5 Å². The molecule has 2 amide bonds. The quantitative estimate of drug-likeness (QED) is 0.685. The van der Waals surface area contributed by atoms with Crippen molar-refractivity contribution in [2.24, 2.45) is 0 Å². The Morgan fingerprint density at radius 2 is 1.66 bits per heavy atom. The molecule has 0 aromatic heterocycles. The fourth-order valence-corrected chi connectivity index (χ4v) is 3.02. The molecular formula is C20H25N3O5S. The SMILES string of the molecule is CC[C@@H](Oc1ccc(N(C)S(C)(=O)=O)cc1)C(=O)Nc1cccc(NC(C)=O)c1. The van der Waals surface area contributed by atoms with Crippen molar-refractivity contribution >= 4 is 38.9 Å². The molecule has 29 heavy (non-hydrogen) atoms. The molecule has 0 unspecified atom stereocenters.